The quantitative estimate of drug-likeness (QED) is 0.644. The van der Waals surface area contributed by atoms with E-state index in [0.29, 0.717) is 11.3 Å². The van der Waals surface area contributed by atoms with Crippen molar-refractivity contribution in [2.45, 2.75) is 0 Å². The molecule has 1 heterocycles. The summed E-state index contributed by atoms with van der Waals surface area (Å²) in [6.45, 7) is 0. The minimum Gasteiger partial charge on any atom is -0.504 e. The van der Waals surface area contributed by atoms with Gasteiger partial charge in [0, 0.05) is 11.8 Å². The highest BCUT2D eigenvalue weighted by molar-refractivity contribution is 6.07. The maximum absolute atomic E-state index is 12.0. The lowest BCUT2D eigenvalue weighted by atomic mass is 10.1. The number of ketones is 1. The summed E-state index contributed by atoms with van der Waals surface area (Å²) >= 11 is 0. The van der Waals surface area contributed by atoms with Gasteiger partial charge < -0.3 is 9.72 Å². The standard InChI is InChI=1S/C14H13NO2/c1-17-10-8-11-4-6-12(7-5-11)14(16)13-3-2-9-15-13/h2-10,15H,1H3. The van der Waals surface area contributed by atoms with Gasteiger partial charge in [0.25, 0.3) is 0 Å². The molecule has 1 aromatic carbocycles. The van der Waals surface area contributed by atoms with Gasteiger partial charge in [0.2, 0.25) is 5.78 Å². The van der Waals surface area contributed by atoms with Crippen molar-refractivity contribution in [1.82, 2.24) is 4.98 Å². The van der Waals surface area contributed by atoms with Crippen LogP contribution in [0.15, 0.2) is 48.9 Å². The zero-order valence-electron chi connectivity index (χ0n) is 9.51. The molecule has 0 unspecified atom stereocenters. The number of aromatic amines is 1. The van der Waals surface area contributed by atoms with Crippen LogP contribution in [0.4, 0.5) is 0 Å². The molecule has 1 N–H and O–H groups in total. The van der Waals surface area contributed by atoms with E-state index >= 15 is 0 Å². The number of hydrogen-bond acceptors (Lipinski definition) is 2. The number of hydrogen-bond donors (Lipinski definition) is 1. The predicted molar refractivity (Wildman–Crippen MR) is 66.7 cm³/mol. The molecule has 86 valence electrons. The van der Waals surface area contributed by atoms with Crippen molar-refractivity contribution in [3.8, 4) is 0 Å². The molecule has 0 atom stereocenters. The van der Waals surface area contributed by atoms with E-state index in [0.717, 1.165) is 5.56 Å². The van der Waals surface area contributed by atoms with Gasteiger partial charge in [0.05, 0.1) is 19.1 Å². The maximum atomic E-state index is 12.0. The molecular weight excluding hydrogens is 214 g/mol. The van der Waals surface area contributed by atoms with Crippen LogP contribution in [0.1, 0.15) is 21.6 Å². The van der Waals surface area contributed by atoms with Gasteiger partial charge in [0.1, 0.15) is 0 Å². The molecule has 1 aromatic heterocycles. The van der Waals surface area contributed by atoms with Crippen molar-refractivity contribution in [2.24, 2.45) is 0 Å². The third-order valence-electron chi connectivity index (χ3n) is 2.41. The molecule has 0 radical (unpaired) electrons. The summed E-state index contributed by atoms with van der Waals surface area (Å²) < 4.78 is 4.83. The van der Waals surface area contributed by atoms with Gasteiger partial charge in [-0.3, -0.25) is 4.79 Å². The lowest BCUT2D eigenvalue weighted by Gasteiger charge is -1.99. The topological polar surface area (TPSA) is 42.1 Å². The van der Waals surface area contributed by atoms with Gasteiger partial charge in [0.15, 0.2) is 0 Å². The minimum absolute atomic E-state index is 0.00253. The minimum atomic E-state index is -0.00253. The van der Waals surface area contributed by atoms with E-state index in [1.54, 1.807) is 37.8 Å². The highest BCUT2D eigenvalue weighted by atomic mass is 16.5. The fourth-order valence-electron chi connectivity index (χ4n) is 1.52. The molecule has 0 aliphatic heterocycles. The van der Waals surface area contributed by atoms with E-state index in [2.05, 4.69) is 4.98 Å². The zero-order chi connectivity index (χ0) is 12.1. The van der Waals surface area contributed by atoms with Gasteiger partial charge in [-0.05, 0) is 23.8 Å². The Balaban J connectivity index is 2.18. The SMILES string of the molecule is COC=Cc1ccc(C(=O)c2ccc[nH]2)cc1. The van der Waals surface area contributed by atoms with E-state index in [1.807, 2.05) is 24.3 Å². The van der Waals surface area contributed by atoms with Crippen LogP contribution in [0.5, 0.6) is 0 Å². The van der Waals surface area contributed by atoms with Crippen molar-refractivity contribution < 1.29 is 9.53 Å². The third-order valence-corrected chi connectivity index (χ3v) is 2.41. The smallest absolute Gasteiger partial charge is 0.209 e. The molecule has 0 spiro atoms. The Morgan fingerprint density at radius 2 is 2.00 bits per heavy atom. The number of aromatic nitrogens is 1. The summed E-state index contributed by atoms with van der Waals surface area (Å²) in [5.74, 6) is -0.00253. The summed E-state index contributed by atoms with van der Waals surface area (Å²) in [6, 6.07) is 10.9. The Labute approximate surface area is 99.7 Å². The first-order chi connectivity index (χ1) is 8.31. The predicted octanol–water partition coefficient (Wildman–Crippen LogP) is 2.86. The van der Waals surface area contributed by atoms with Gasteiger partial charge in [-0.25, -0.2) is 0 Å². The lowest BCUT2D eigenvalue weighted by molar-refractivity contribution is 0.103. The van der Waals surface area contributed by atoms with Crippen LogP contribution in [0.2, 0.25) is 0 Å². The Morgan fingerprint density at radius 3 is 2.59 bits per heavy atom. The van der Waals surface area contributed by atoms with Crippen LogP contribution in [-0.2, 0) is 4.74 Å². The number of rotatable bonds is 4. The molecule has 0 aliphatic carbocycles. The summed E-state index contributed by atoms with van der Waals surface area (Å²) in [5.41, 5.74) is 2.27. The van der Waals surface area contributed by atoms with Crippen LogP contribution in [-0.4, -0.2) is 17.9 Å². The molecule has 0 fully saturated rings. The number of carbonyl (C=O) groups excluding carboxylic acids is 1. The van der Waals surface area contributed by atoms with Crippen LogP contribution >= 0.6 is 0 Å². The van der Waals surface area contributed by atoms with Gasteiger partial charge in [-0.2, -0.15) is 0 Å². The summed E-state index contributed by atoms with van der Waals surface area (Å²) in [7, 11) is 1.60. The Morgan fingerprint density at radius 1 is 1.24 bits per heavy atom. The Kier molecular flexibility index (Phi) is 3.40. The molecule has 0 saturated carbocycles. The fraction of sp³-hybridized carbons (Fsp3) is 0.0714. The van der Waals surface area contributed by atoms with E-state index in [-0.39, 0.29) is 5.78 Å². The van der Waals surface area contributed by atoms with E-state index in [9.17, 15) is 4.79 Å². The second kappa shape index (κ2) is 5.16. The Bertz CT molecular complexity index is 510. The molecule has 2 aromatic rings. The maximum Gasteiger partial charge on any atom is 0.209 e. The number of H-pyrrole nitrogens is 1. The first-order valence-electron chi connectivity index (χ1n) is 5.29. The van der Waals surface area contributed by atoms with Crippen LogP contribution in [0, 0.1) is 0 Å². The average Bonchev–Trinajstić information content (AvgIpc) is 2.90. The molecule has 0 amide bonds. The number of carbonyl (C=O) groups is 1. The highest BCUT2D eigenvalue weighted by Gasteiger charge is 2.08. The van der Waals surface area contributed by atoms with Gasteiger partial charge >= 0.3 is 0 Å². The normalized spacial score (nSPS) is 10.6. The summed E-state index contributed by atoms with van der Waals surface area (Å²) in [4.78, 5) is 14.9. The van der Waals surface area contributed by atoms with Gasteiger partial charge in [-0.1, -0.05) is 24.3 Å². The zero-order valence-corrected chi connectivity index (χ0v) is 9.51. The van der Waals surface area contributed by atoms with E-state index in [4.69, 9.17) is 4.74 Å². The molecule has 3 nitrogen and oxygen atoms in total. The molecule has 2 rings (SSSR count). The fourth-order valence-corrected chi connectivity index (χ4v) is 1.52. The second-order valence-corrected chi connectivity index (χ2v) is 3.57. The van der Waals surface area contributed by atoms with Crippen molar-refractivity contribution in [2.75, 3.05) is 7.11 Å². The van der Waals surface area contributed by atoms with Crippen molar-refractivity contribution in [1.29, 1.82) is 0 Å². The molecule has 3 heteroatoms. The van der Waals surface area contributed by atoms with E-state index in [1.165, 1.54) is 0 Å². The number of methoxy groups -OCH3 is 1. The molecule has 0 saturated heterocycles. The van der Waals surface area contributed by atoms with Crippen LogP contribution in [0.3, 0.4) is 0 Å². The first kappa shape index (κ1) is 11.2. The molecule has 0 bridgehead atoms. The van der Waals surface area contributed by atoms with Crippen molar-refractivity contribution in [3.63, 3.8) is 0 Å². The van der Waals surface area contributed by atoms with Crippen molar-refractivity contribution in [3.05, 3.63) is 65.7 Å². The number of nitrogens with one attached hydrogen (secondary N) is 1. The monoisotopic (exact) mass is 227 g/mol. The first-order valence-corrected chi connectivity index (χ1v) is 5.29. The average molecular weight is 227 g/mol. The second-order valence-electron chi connectivity index (χ2n) is 3.57. The summed E-state index contributed by atoms with van der Waals surface area (Å²) in [6.07, 6.45) is 5.17. The highest BCUT2D eigenvalue weighted by Crippen LogP contribution is 2.10. The van der Waals surface area contributed by atoms with Crippen molar-refractivity contribution >= 4 is 11.9 Å². The molecule has 17 heavy (non-hydrogen) atoms. The number of ether oxygens (including phenoxy) is 1. The summed E-state index contributed by atoms with van der Waals surface area (Å²) in [5, 5.41) is 0. The molecular formula is C14H13NO2. The largest absolute Gasteiger partial charge is 0.504 e. The van der Waals surface area contributed by atoms with E-state index < -0.39 is 0 Å². The lowest BCUT2D eigenvalue weighted by Crippen LogP contribution is -2.00. The van der Waals surface area contributed by atoms with Gasteiger partial charge in [-0.15, -0.1) is 0 Å². The molecule has 0 aliphatic rings. The van der Waals surface area contributed by atoms with Crippen LogP contribution < -0.4 is 0 Å². The Hall–Kier alpha value is -2.29. The third kappa shape index (κ3) is 2.64. The number of benzene rings is 1. The van der Waals surface area contributed by atoms with Crippen LogP contribution in [0.25, 0.3) is 6.08 Å².